The van der Waals surface area contributed by atoms with Gasteiger partial charge in [-0.05, 0) is 31.2 Å². The predicted molar refractivity (Wildman–Crippen MR) is 59.3 cm³/mol. The van der Waals surface area contributed by atoms with Crippen molar-refractivity contribution in [2.75, 3.05) is 18.5 Å². The van der Waals surface area contributed by atoms with E-state index in [2.05, 4.69) is 21.2 Å². The molecular weight excluding hydrogens is 246 g/mol. The van der Waals surface area contributed by atoms with Gasteiger partial charge in [-0.25, -0.2) is 0 Å². The van der Waals surface area contributed by atoms with Crippen LogP contribution in [0.1, 0.15) is 6.92 Å². The number of nitrogens with one attached hydrogen (secondary N) is 1. The number of hydrogen-bond donors (Lipinski definition) is 1. The summed E-state index contributed by atoms with van der Waals surface area (Å²) in [6.07, 6.45) is 0. The molecule has 0 saturated heterocycles. The minimum Gasteiger partial charge on any atom is -0.465 e. The van der Waals surface area contributed by atoms with Crippen molar-refractivity contribution in [1.82, 2.24) is 0 Å². The third-order valence-corrected chi connectivity index (χ3v) is 2.12. The molecule has 0 aliphatic rings. The van der Waals surface area contributed by atoms with E-state index in [9.17, 15) is 4.79 Å². The Morgan fingerprint density at radius 3 is 2.64 bits per heavy atom. The smallest absolute Gasteiger partial charge is 0.325 e. The highest BCUT2D eigenvalue weighted by Gasteiger charge is 2.00. The first kappa shape index (κ1) is 11.0. The molecule has 0 amide bonds. The Labute approximate surface area is 91.6 Å². The second-order valence-electron chi connectivity index (χ2n) is 2.67. The summed E-state index contributed by atoms with van der Waals surface area (Å²) in [5.41, 5.74) is 0.904. The fourth-order valence-corrected chi connectivity index (χ4v) is 1.22. The van der Waals surface area contributed by atoms with E-state index in [1.54, 1.807) is 6.92 Å². The van der Waals surface area contributed by atoms with Crippen LogP contribution in [0.25, 0.3) is 0 Å². The fourth-order valence-electron chi connectivity index (χ4n) is 0.954. The van der Waals surface area contributed by atoms with Crippen molar-refractivity contribution in [3.8, 4) is 0 Å². The highest BCUT2D eigenvalue weighted by atomic mass is 79.9. The molecule has 1 rings (SSSR count). The minimum atomic E-state index is -0.240. The zero-order valence-electron chi connectivity index (χ0n) is 7.92. The van der Waals surface area contributed by atoms with E-state index in [1.165, 1.54) is 0 Å². The van der Waals surface area contributed by atoms with E-state index in [4.69, 9.17) is 4.74 Å². The standard InChI is InChI=1S/C10H12BrNO2/c1-2-14-10(13)7-12-9-5-3-8(11)4-6-9/h3-6,12H,2,7H2,1H3. The maximum atomic E-state index is 11.0. The molecule has 0 atom stereocenters. The third-order valence-electron chi connectivity index (χ3n) is 1.59. The quantitative estimate of drug-likeness (QED) is 0.843. The van der Waals surface area contributed by atoms with E-state index >= 15 is 0 Å². The molecular formula is C10H12BrNO2. The van der Waals surface area contributed by atoms with Crippen LogP contribution in [0.5, 0.6) is 0 Å². The highest BCUT2D eigenvalue weighted by Crippen LogP contribution is 2.13. The number of rotatable bonds is 4. The van der Waals surface area contributed by atoms with Gasteiger partial charge in [0.15, 0.2) is 0 Å². The summed E-state index contributed by atoms with van der Waals surface area (Å²) in [6.45, 7) is 2.41. The minimum absolute atomic E-state index is 0.204. The van der Waals surface area contributed by atoms with Crippen LogP contribution in [0.15, 0.2) is 28.7 Å². The lowest BCUT2D eigenvalue weighted by molar-refractivity contribution is -0.140. The van der Waals surface area contributed by atoms with Crippen LogP contribution in [-0.4, -0.2) is 19.1 Å². The van der Waals surface area contributed by atoms with Gasteiger partial charge in [-0.1, -0.05) is 15.9 Å². The van der Waals surface area contributed by atoms with E-state index in [1.807, 2.05) is 24.3 Å². The molecule has 14 heavy (non-hydrogen) atoms. The molecule has 1 aromatic rings. The number of halogens is 1. The van der Waals surface area contributed by atoms with E-state index in [-0.39, 0.29) is 12.5 Å². The van der Waals surface area contributed by atoms with Crippen LogP contribution < -0.4 is 5.32 Å². The molecule has 4 heteroatoms. The van der Waals surface area contributed by atoms with Gasteiger partial charge < -0.3 is 10.1 Å². The van der Waals surface area contributed by atoms with Crippen LogP contribution in [0.3, 0.4) is 0 Å². The molecule has 76 valence electrons. The lowest BCUT2D eigenvalue weighted by Crippen LogP contribution is -2.16. The van der Waals surface area contributed by atoms with Crippen LogP contribution in [0.2, 0.25) is 0 Å². The number of hydrogen-bond acceptors (Lipinski definition) is 3. The van der Waals surface area contributed by atoms with Crippen LogP contribution >= 0.6 is 15.9 Å². The molecule has 0 radical (unpaired) electrons. The molecule has 0 spiro atoms. The van der Waals surface area contributed by atoms with E-state index in [0.717, 1.165) is 10.2 Å². The van der Waals surface area contributed by atoms with Crippen LogP contribution in [0, 0.1) is 0 Å². The van der Waals surface area contributed by atoms with Gasteiger partial charge in [0, 0.05) is 10.2 Å². The largest absolute Gasteiger partial charge is 0.465 e. The Bertz CT molecular complexity index is 297. The van der Waals surface area contributed by atoms with Crippen molar-refractivity contribution in [1.29, 1.82) is 0 Å². The molecule has 0 aromatic heterocycles. The van der Waals surface area contributed by atoms with Crippen molar-refractivity contribution in [2.24, 2.45) is 0 Å². The first-order valence-corrected chi connectivity index (χ1v) is 5.16. The number of carbonyl (C=O) groups excluding carboxylic acids is 1. The molecule has 1 aromatic carbocycles. The molecule has 0 saturated carbocycles. The van der Waals surface area contributed by atoms with Crippen molar-refractivity contribution in [3.63, 3.8) is 0 Å². The Hall–Kier alpha value is -1.03. The summed E-state index contributed by atoms with van der Waals surface area (Å²) in [4.78, 5) is 11.0. The normalized spacial score (nSPS) is 9.57. The van der Waals surface area contributed by atoms with Gasteiger partial charge in [-0.3, -0.25) is 4.79 Å². The van der Waals surface area contributed by atoms with Gasteiger partial charge in [0.25, 0.3) is 0 Å². The first-order chi connectivity index (χ1) is 6.72. The molecule has 0 aliphatic heterocycles. The summed E-state index contributed by atoms with van der Waals surface area (Å²) < 4.78 is 5.79. The summed E-state index contributed by atoms with van der Waals surface area (Å²) in [6, 6.07) is 7.60. The number of anilines is 1. The van der Waals surface area contributed by atoms with Gasteiger partial charge in [-0.15, -0.1) is 0 Å². The maximum Gasteiger partial charge on any atom is 0.325 e. The van der Waals surface area contributed by atoms with Gasteiger partial charge in [0.2, 0.25) is 0 Å². The summed E-state index contributed by atoms with van der Waals surface area (Å²) in [5.74, 6) is -0.240. The average molecular weight is 258 g/mol. The van der Waals surface area contributed by atoms with Gasteiger partial charge >= 0.3 is 5.97 Å². The van der Waals surface area contributed by atoms with E-state index < -0.39 is 0 Å². The summed E-state index contributed by atoms with van der Waals surface area (Å²) in [7, 11) is 0. The molecule has 0 bridgehead atoms. The molecule has 0 unspecified atom stereocenters. The zero-order valence-corrected chi connectivity index (χ0v) is 9.50. The van der Waals surface area contributed by atoms with Gasteiger partial charge in [0.1, 0.15) is 6.54 Å². The topological polar surface area (TPSA) is 38.3 Å². The highest BCUT2D eigenvalue weighted by molar-refractivity contribution is 9.10. The first-order valence-electron chi connectivity index (χ1n) is 4.37. The molecule has 1 N–H and O–H groups in total. The monoisotopic (exact) mass is 257 g/mol. The molecule has 0 aliphatic carbocycles. The predicted octanol–water partition coefficient (Wildman–Crippen LogP) is 2.42. The number of esters is 1. The summed E-state index contributed by atoms with van der Waals surface area (Å²) >= 11 is 3.33. The van der Waals surface area contributed by atoms with E-state index in [0.29, 0.717) is 6.61 Å². The Balaban J connectivity index is 2.38. The fraction of sp³-hybridized carbons (Fsp3) is 0.300. The zero-order chi connectivity index (χ0) is 10.4. The maximum absolute atomic E-state index is 11.0. The molecule has 0 heterocycles. The van der Waals surface area contributed by atoms with Gasteiger partial charge in [-0.2, -0.15) is 0 Å². The number of carbonyl (C=O) groups is 1. The lowest BCUT2D eigenvalue weighted by Gasteiger charge is -2.05. The second-order valence-corrected chi connectivity index (χ2v) is 3.58. The molecule has 3 nitrogen and oxygen atoms in total. The SMILES string of the molecule is CCOC(=O)CNc1ccc(Br)cc1. The summed E-state index contributed by atoms with van der Waals surface area (Å²) in [5, 5.41) is 2.96. The molecule has 0 fully saturated rings. The number of ether oxygens (including phenoxy) is 1. The Morgan fingerprint density at radius 2 is 2.07 bits per heavy atom. The van der Waals surface area contributed by atoms with Crippen molar-refractivity contribution < 1.29 is 9.53 Å². The van der Waals surface area contributed by atoms with Crippen molar-refractivity contribution in [3.05, 3.63) is 28.7 Å². The van der Waals surface area contributed by atoms with Crippen LogP contribution in [0.4, 0.5) is 5.69 Å². The Morgan fingerprint density at radius 1 is 1.43 bits per heavy atom. The number of benzene rings is 1. The van der Waals surface area contributed by atoms with Crippen LogP contribution in [-0.2, 0) is 9.53 Å². The van der Waals surface area contributed by atoms with Gasteiger partial charge in [0.05, 0.1) is 6.61 Å². The Kier molecular flexibility index (Phi) is 4.46. The van der Waals surface area contributed by atoms with Crippen molar-refractivity contribution in [2.45, 2.75) is 6.92 Å². The second kappa shape index (κ2) is 5.65. The third kappa shape index (κ3) is 3.79. The lowest BCUT2D eigenvalue weighted by atomic mass is 10.3. The average Bonchev–Trinajstić information content (AvgIpc) is 2.17. The van der Waals surface area contributed by atoms with Crippen molar-refractivity contribution >= 4 is 27.6 Å².